The van der Waals surface area contributed by atoms with E-state index in [4.69, 9.17) is 10.4 Å². The smallest absolute Gasteiger partial charge is 0.346 e. The molecular formula is C14H17NO2S. The summed E-state index contributed by atoms with van der Waals surface area (Å²) in [5.74, 6) is -1.16. The second kappa shape index (κ2) is 6.97. The molecule has 0 aliphatic heterocycles. The molecule has 1 aromatic heterocycles. The largest absolute Gasteiger partial charge is 0.477 e. The lowest BCUT2D eigenvalue weighted by Crippen LogP contribution is -1.98. The molecule has 0 fully saturated rings. The molecule has 0 aliphatic carbocycles. The van der Waals surface area contributed by atoms with Crippen molar-refractivity contribution >= 4 is 23.4 Å². The highest BCUT2D eigenvalue weighted by molar-refractivity contribution is 7.10. The van der Waals surface area contributed by atoms with Crippen LogP contribution in [0.2, 0.25) is 0 Å². The van der Waals surface area contributed by atoms with Gasteiger partial charge in [0.15, 0.2) is 0 Å². The van der Waals surface area contributed by atoms with Crippen molar-refractivity contribution in [1.29, 1.82) is 5.26 Å². The van der Waals surface area contributed by atoms with Crippen molar-refractivity contribution in [3.05, 3.63) is 27.0 Å². The first-order valence-corrected chi connectivity index (χ1v) is 6.96. The molecule has 0 spiro atoms. The third-order valence-corrected chi connectivity index (χ3v) is 3.74. The van der Waals surface area contributed by atoms with Gasteiger partial charge in [-0.2, -0.15) is 5.26 Å². The molecule has 1 N–H and O–H groups in total. The van der Waals surface area contributed by atoms with Gasteiger partial charge >= 0.3 is 5.97 Å². The maximum atomic E-state index is 10.9. The molecule has 0 bridgehead atoms. The molecule has 0 aliphatic rings. The molecule has 3 nitrogen and oxygen atoms in total. The van der Waals surface area contributed by atoms with Crippen LogP contribution in [0, 0.1) is 11.3 Å². The van der Waals surface area contributed by atoms with Crippen LogP contribution in [-0.2, 0) is 17.6 Å². The van der Waals surface area contributed by atoms with Crippen molar-refractivity contribution in [3.63, 3.8) is 0 Å². The lowest BCUT2D eigenvalue weighted by Gasteiger charge is -2.02. The maximum absolute atomic E-state index is 10.9. The molecule has 0 aromatic carbocycles. The Balaban J connectivity index is 3.22. The van der Waals surface area contributed by atoms with Gasteiger partial charge in [0.1, 0.15) is 11.6 Å². The van der Waals surface area contributed by atoms with E-state index >= 15 is 0 Å². The van der Waals surface area contributed by atoms with Crippen LogP contribution in [0.4, 0.5) is 0 Å². The zero-order chi connectivity index (χ0) is 13.5. The Bertz CT molecular complexity index is 471. The van der Waals surface area contributed by atoms with Gasteiger partial charge < -0.3 is 5.11 Å². The number of aliphatic carboxylic acids is 1. The summed E-state index contributed by atoms with van der Waals surface area (Å²) in [6.45, 7) is 4.18. The van der Waals surface area contributed by atoms with Crippen molar-refractivity contribution in [2.24, 2.45) is 0 Å². The monoisotopic (exact) mass is 263 g/mol. The van der Waals surface area contributed by atoms with Gasteiger partial charge in [0.05, 0.1) is 0 Å². The maximum Gasteiger partial charge on any atom is 0.346 e. The van der Waals surface area contributed by atoms with E-state index in [1.165, 1.54) is 11.0 Å². The second-order valence-corrected chi connectivity index (χ2v) is 5.04. The van der Waals surface area contributed by atoms with Gasteiger partial charge in [-0.1, -0.05) is 26.7 Å². The lowest BCUT2D eigenvalue weighted by atomic mass is 10.0. The van der Waals surface area contributed by atoms with E-state index in [-0.39, 0.29) is 5.57 Å². The highest BCUT2D eigenvalue weighted by Crippen LogP contribution is 2.27. The third kappa shape index (κ3) is 3.44. The zero-order valence-corrected chi connectivity index (χ0v) is 11.5. The number of nitrogens with zero attached hydrogens (tertiary/aromatic N) is 1. The van der Waals surface area contributed by atoms with Crippen LogP contribution in [-0.4, -0.2) is 11.1 Å². The summed E-state index contributed by atoms with van der Waals surface area (Å²) in [6.07, 6.45) is 5.40. The van der Waals surface area contributed by atoms with Crippen LogP contribution in [0.25, 0.3) is 6.08 Å². The summed E-state index contributed by atoms with van der Waals surface area (Å²) in [5.41, 5.74) is 1.91. The van der Waals surface area contributed by atoms with Crippen LogP contribution in [0.15, 0.2) is 11.0 Å². The Morgan fingerprint density at radius 3 is 2.61 bits per heavy atom. The van der Waals surface area contributed by atoms with E-state index in [0.717, 1.165) is 36.8 Å². The van der Waals surface area contributed by atoms with Gasteiger partial charge in [0.25, 0.3) is 0 Å². The van der Waals surface area contributed by atoms with Gasteiger partial charge in [0.2, 0.25) is 0 Å². The first-order valence-electron chi connectivity index (χ1n) is 6.08. The molecule has 0 saturated heterocycles. The summed E-state index contributed by atoms with van der Waals surface area (Å²) < 4.78 is 0. The Kier molecular flexibility index (Phi) is 5.60. The quantitative estimate of drug-likeness (QED) is 0.629. The molecule has 0 saturated carbocycles. The van der Waals surface area contributed by atoms with Gasteiger partial charge in [-0.25, -0.2) is 4.79 Å². The number of rotatable bonds is 6. The number of aryl methyl sites for hydroxylation is 2. The first-order chi connectivity index (χ1) is 8.63. The fourth-order valence-electron chi connectivity index (χ4n) is 1.79. The van der Waals surface area contributed by atoms with Gasteiger partial charge in [-0.3, -0.25) is 0 Å². The average Bonchev–Trinajstić information content (AvgIpc) is 2.69. The number of nitriles is 1. The zero-order valence-electron chi connectivity index (χ0n) is 10.7. The fraction of sp³-hybridized carbons (Fsp3) is 0.429. The molecule has 18 heavy (non-hydrogen) atoms. The summed E-state index contributed by atoms with van der Waals surface area (Å²) in [5, 5.41) is 19.8. The minimum atomic E-state index is -1.16. The van der Waals surface area contributed by atoms with E-state index in [0.29, 0.717) is 0 Å². The van der Waals surface area contributed by atoms with Crippen molar-refractivity contribution in [2.75, 3.05) is 0 Å². The molecule has 1 rings (SSSR count). The number of hydrogen-bond acceptors (Lipinski definition) is 3. The van der Waals surface area contributed by atoms with E-state index in [1.807, 2.05) is 0 Å². The van der Waals surface area contributed by atoms with Crippen LogP contribution < -0.4 is 0 Å². The number of thiophene rings is 1. The summed E-state index contributed by atoms with van der Waals surface area (Å²) in [6, 6.07) is 1.74. The van der Waals surface area contributed by atoms with Crippen molar-refractivity contribution in [3.8, 4) is 6.07 Å². The van der Waals surface area contributed by atoms with E-state index in [9.17, 15) is 4.79 Å². The van der Waals surface area contributed by atoms with E-state index in [2.05, 4.69) is 19.2 Å². The van der Waals surface area contributed by atoms with Gasteiger partial charge in [-0.05, 0) is 35.4 Å². The molecule has 0 atom stereocenters. The molecule has 96 valence electrons. The summed E-state index contributed by atoms with van der Waals surface area (Å²) in [7, 11) is 0. The molecule has 4 heteroatoms. The first kappa shape index (κ1) is 14.5. The fourth-order valence-corrected chi connectivity index (χ4v) is 2.96. The molecule has 1 aromatic rings. The van der Waals surface area contributed by atoms with Gasteiger partial charge in [0, 0.05) is 4.88 Å². The normalized spacial score (nSPS) is 11.3. The number of carbonyl (C=O) groups is 1. The Labute approximate surface area is 111 Å². The van der Waals surface area contributed by atoms with Crippen LogP contribution in [0.5, 0.6) is 0 Å². The number of carboxylic acid groups (broad SMARTS) is 1. The number of carboxylic acids is 1. The van der Waals surface area contributed by atoms with Crippen molar-refractivity contribution in [1.82, 2.24) is 0 Å². The molecule has 0 radical (unpaired) electrons. The Morgan fingerprint density at radius 1 is 1.44 bits per heavy atom. The molecule has 0 amide bonds. The summed E-state index contributed by atoms with van der Waals surface area (Å²) in [4.78, 5) is 12.1. The van der Waals surface area contributed by atoms with Crippen LogP contribution in [0.3, 0.4) is 0 Å². The second-order valence-electron chi connectivity index (χ2n) is 4.07. The average molecular weight is 263 g/mol. The predicted octanol–water partition coefficient (Wildman–Crippen LogP) is 3.64. The van der Waals surface area contributed by atoms with Crippen LogP contribution >= 0.6 is 11.3 Å². The molecule has 1 heterocycles. The minimum absolute atomic E-state index is 0.192. The van der Waals surface area contributed by atoms with Crippen LogP contribution in [0.1, 0.15) is 42.7 Å². The van der Waals surface area contributed by atoms with E-state index in [1.54, 1.807) is 17.4 Å². The van der Waals surface area contributed by atoms with Crippen molar-refractivity contribution < 1.29 is 9.90 Å². The summed E-state index contributed by atoms with van der Waals surface area (Å²) >= 11 is 1.66. The van der Waals surface area contributed by atoms with Gasteiger partial charge in [-0.15, -0.1) is 11.3 Å². The third-order valence-electron chi connectivity index (χ3n) is 2.63. The Hall–Kier alpha value is -1.60. The van der Waals surface area contributed by atoms with Crippen molar-refractivity contribution in [2.45, 2.75) is 39.5 Å². The highest BCUT2D eigenvalue weighted by atomic mass is 32.1. The Morgan fingerprint density at radius 2 is 2.11 bits per heavy atom. The topological polar surface area (TPSA) is 61.1 Å². The van der Waals surface area contributed by atoms with E-state index < -0.39 is 5.97 Å². The molecular weight excluding hydrogens is 246 g/mol. The highest BCUT2D eigenvalue weighted by Gasteiger charge is 2.12. The number of hydrogen-bond donors (Lipinski definition) is 1. The SMILES string of the molecule is CCCc1csc(CCC)c1C=C(C#N)C(=O)O. The molecule has 0 unspecified atom stereocenters. The predicted molar refractivity (Wildman–Crippen MR) is 73.5 cm³/mol. The standard InChI is InChI=1S/C14H17NO2S/c1-3-5-10-9-18-13(6-4-2)12(10)7-11(8-15)14(16)17/h7,9H,3-6H2,1-2H3,(H,16,17). The minimum Gasteiger partial charge on any atom is -0.477 e. The lowest BCUT2D eigenvalue weighted by molar-refractivity contribution is -0.132.